The van der Waals surface area contributed by atoms with Gasteiger partial charge in [-0.15, -0.1) is 0 Å². The van der Waals surface area contributed by atoms with Gasteiger partial charge in [0.15, 0.2) is 5.11 Å². The summed E-state index contributed by atoms with van der Waals surface area (Å²) in [5.74, 6) is 0. The molecule has 0 saturated heterocycles. The number of nitrogens with one attached hydrogen (secondary N) is 1. The maximum atomic E-state index is 6.23. The molecule has 0 spiro atoms. The van der Waals surface area contributed by atoms with Gasteiger partial charge >= 0.3 is 0 Å². The van der Waals surface area contributed by atoms with Crippen LogP contribution < -0.4 is 5.32 Å². The minimum absolute atomic E-state index is 0.565. The van der Waals surface area contributed by atoms with E-state index in [1.54, 1.807) is 12.4 Å². The number of hydrogen-bond donors (Lipinski definition) is 1. The number of hydrogen-bond acceptors (Lipinski definition) is 3. The van der Waals surface area contributed by atoms with Crippen molar-refractivity contribution in [3.8, 4) is 0 Å². The molecule has 6 nitrogen and oxygen atoms in total. The molecule has 0 fully saturated rings. The molecule has 0 radical (unpaired) electrons. The average molecular weight is 423 g/mol. The Kier molecular flexibility index (Phi) is 6.36. The fourth-order valence-electron chi connectivity index (χ4n) is 2.67. The largest absolute Gasteiger partial charge is 0.346 e. The molecular weight excluding hydrogens is 403 g/mol. The number of rotatable bonds is 6. The summed E-state index contributed by atoms with van der Waals surface area (Å²) in [4.78, 5) is 1.92. The first-order chi connectivity index (χ1) is 13.0. The summed E-state index contributed by atoms with van der Waals surface area (Å²) in [6, 6.07) is 7.72. The number of thiocarbonyl (C=S) groups is 1. The van der Waals surface area contributed by atoms with Crippen LogP contribution in [0.15, 0.2) is 42.9 Å². The first-order valence-electron chi connectivity index (χ1n) is 8.45. The van der Waals surface area contributed by atoms with Crippen molar-refractivity contribution in [1.29, 1.82) is 0 Å². The van der Waals surface area contributed by atoms with E-state index in [9.17, 15) is 0 Å². The zero-order chi connectivity index (χ0) is 19.4. The van der Waals surface area contributed by atoms with Gasteiger partial charge in [-0.2, -0.15) is 10.2 Å². The number of aromatic nitrogens is 4. The molecule has 27 heavy (non-hydrogen) atoms. The van der Waals surface area contributed by atoms with Gasteiger partial charge in [-0.3, -0.25) is 9.36 Å². The standard InChI is InChI=1S/C18H20Cl2N6S/c1-3-26-17(16(20)9-22-26)12-24(2)18(27)23-15-8-21-25(11-15)10-13-5-4-6-14(19)7-13/h4-9,11H,3,10,12H2,1-2H3,(H,23,27). The molecule has 0 aliphatic heterocycles. The minimum atomic E-state index is 0.565. The molecule has 2 heterocycles. The third kappa shape index (κ3) is 5.00. The molecule has 0 bridgehead atoms. The van der Waals surface area contributed by atoms with Crippen LogP contribution in [0, 0.1) is 0 Å². The van der Waals surface area contributed by atoms with Crippen LogP contribution >= 0.6 is 35.4 Å². The molecule has 0 atom stereocenters. The fraction of sp³-hybridized carbons (Fsp3) is 0.278. The normalized spacial score (nSPS) is 10.8. The second-order valence-electron chi connectivity index (χ2n) is 6.10. The maximum absolute atomic E-state index is 6.23. The van der Waals surface area contributed by atoms with Crippen LogP contribution in [0.2, 0.25) is 10.0 Å². The van der Waals surface area contributed by atoms with E-state index < -0.39 is 0 Å². The van der Waals surface area contributed by atoms with Gasteiger partial charge in [0, 0.05) is 24.8 Å². The topological polar surface area (TPSA) is 50.9 Å². The van der Waals surface area contributed by atoms with Gasteiger partial charge in [0.2, 0.25) is 0 Å². The molecule has 0 aliphatic rings. The quantitative estimate of drug-likeness (QED) is 0.600. The van der Waals surface area contributed by atoms with Crippen LogP contribution in [0.4, 0.5) is 5.69 Å². The van der Waals surface area contributed by atoms with Crippen molar-refractivity contribution in [2.45, 2.75) is 26.6 Å². The lowest BCUT2D eigenvalue weighted by atomic mass is 10.2. The van der Waals surface area contributed by atoms with Gasteiger partial charge in [0.25, 0.3) is 0 Å². The Morgan fingerprint density at radius 2 is 2.07 bits per heavy atom. The van der Waals surface area contributed by atoms with Gasteiger partial charge < -0.3 is 10.2 Å². The minimum Gasteiger partial charge on any atom is -0.346 e. The van der Waals surface area contributed by atoms with Gasteiger partial charge in [-0.05, 0) is 36.8 Å². The van der Waals surface area contributed by atoms with E-state index in [-0.39, 0.29) is 0 Å². The smallest absolute Gasteiger partial charge is 0.173 e. The molecule has 142 valence electrons. The Bertz CT molecular complexity index is 936. The number of aryl methyl sites for hydroxylation is 1. The van der Waals surface area contributed by atoms with Crippen molar-refractivity contribution < 1.29 is 0 Å². The monoisotopic (exact) mass is 422 g/mol. The van der Waals surface area contributed by atoms with Gasteiger partial charge in [-0.1, -0.05) is 35.3 Å². The maximum Gasteiger partial charge on any atom is 0.173 e. The van der Waals surface area contributed by atoms with Crippen LogP contribution in [0.1, 0.15) is 18.2 Å². The first-order valence-corrected chi connectivity index (χ1v) is 9.62. The number of anilines is 1. The van der Waals surface area contributed by atoms with Crippen LogP contribution in [-0.2, 0) is 19.6 Å². The van der Waals surface area contributed by atoms with E-state index in [2.05, 4.69) is 15.5 Å². The van der Waals surface area contributed by atoms with Crippen molar-refractivity contribution >= 4 is 46.2 Å². The van der Waals surface area contributed by atoms with Gasteiger partial charge in [0.05, 0.1) is 41.9 Å². The van der Waals surface area contributed by atoms with Gasteiger partial charge in [-0.25, -0.2) is 0 Å². The Morgan fingerprint density at radius 3 is 2.81 bits per heavy atom. The molecule has 0 amide bonds. The van der Waals surface area contributed by atoms with Crippen molar-refractivity contribution in [3.05, 3.63) is 64.2 Å². The Hall–Kier alpha value is -2.09. The fourth-order valence-corrected chi connectivity index (χ4v) is 3.27. The highest BCUT2D eigenvalue weighted by Crippen LogP contribution is 2.18. The summed E-state index contributed by atoms with van der Waals surface area (Å²) in [6.45, 7) is 3.98. The Balaban J connectivity index is 1.61. The number of nitrogens with zero attached hydrogens (tertiary/aromatic N) is 5. The third-order valence-electron chi connectivity index (χ3n) is 4.05. The second-order valence-corrected chi connectivity index (χ2v) is 7.33. The van der Waals surface area contributed by atoms with E-state index in [0.29, 0.717) is 28.2 Å². The first kappa shape index (κ1) is 19.7. The van der Waals surface area contributed by atoms with Crippen molar-refractivity contribution in [2.24, 2.45) is 0 Å². The lowest BCUT2D eigenvalue weighted by molar-refractivity contribution is 0.471. The lowest BCUT2D eigenvalue weighted by Crippen LogP contribution is -2.31. The Morgan fingerprint density at radius 1 is 1.26 bits per heavy atom. The highest BCUT2D eigenvalue weighted by atomic mass is 35.5. The molecule has 0 unspecified atom stereocenters. The van der Waals surface area contributed by atoms with Crippen molar-refractivity contribution in [2.75, 3.05) is 12.4 Å². The summed E-state index contributed by atoms with van der Waals surface area (Å²) in [7, 11) is 1.91. The number of benzene rings is 1. The summed E-state index contributed by atoms with van der Waals surface area (Å²) >= 11 is 17.8. The zero-order valence-corrected chi connectivity index (χ0v) is 17.4. The molecule has 3 rings (SSSR count). The third-order valence-corrected chi connectivity index (χ3v) is 5.01. The molecule has 1 aromatic carbocycles. The Labute approximate surface area is 173 Å². The number of halogens is 2. The highest BCUT2D eigenvalue weighted by molar-refractivity contribution is 7.80. The summed E-state index contributed by atoms with van der Waals surface area (Å²) in [5.41, 5.74) is 2.84. The summed E-state index contributed by atoms with van der Waals surface area (Å²) in [5, 5.41) is 13.8. The molecule has 9 heteroatoms. The van der Waals surface area contributed by atoms with Gasteiger partial charge in [0.1, 0.15) is 0 Å². The predicted molar refractivity (Wildman–Crippen MR) is 113 cm³/mol. The van der Waals surface area contributed by atoms with E-state index in [4.69, 9.17) is 35.4 Å². The zero-order valence-electron chi connectivity index (χ0n) is 15.1. The predicted octanol–water partition coefficient (Wildman–Crippen LogP) is 4.28. The summed E-state index contributed by atoms with van der Waals surface area (Å²) < 4.78 is 3.70. The van der Waals surface area contributed by atoms with Crippen molar-refractivity contribution in [3.63, 3.8) is 0 Å². The molecule has 3 aromatic rings. The van der Waals surface area contributed by atoms with E-state index in [1.165, 1.54) is 0 Å². The molecule has 0 aliphatic carbocycles. The van der Waals surface area contributed by atoms with E-state index in [1.807, 2.05) is 58.7 Å². The van der Waals surface area contributed by atoms with Crippen LogP contribution in [0.5, 0.6) is 0 Å². The van der Waals surface area contributed by atoms with E-state index in [0.717, 1.165) is 23.5 Å². The van der Waals surface area contributed by atoms with Crippen LogP contribution in [0.3, 0.4) is 0 Å². The van der Waals surface area contributed by atoms with E-state index >= 15 is 0 Å². The van der Waals surface area contributed by atoms with Crippen LogP contribution in [0.25, 0.3) is 0 Å². The molecule has 1 N–H and O–H groups in total. The highest BCUT2D eigenvalue weighted by Gasteiger charge is 2.13. The summed E-state index contributed by atoms with van der Waals surface area (Å²) in [6.07, 6.45) is 5.31. The SMILES string of the molecule is CCn1ncc(Cl)c1CN(C)C(=S)Nc1cnn(Cc2cccc(Cl)c2)c1. The molecular formula is C18H20Cl2N6S. The lowest BCUT2D eigenvalue weighted by Gasteiger charge is -2.21. The average Bonchev–Trinajstić information content (AvgIpc) is 3.21. The molecule has 0 saturated carbocycles. The van der Waals surface area contributed by atoms with Crippen LogP contribution in [-0.4, -0.2) is 36.6 Å². The molecule has 2 aromatic heterocycles. The second kappa shape index (κ2) is 8.73. The van der Waals surface area contributed by atoms with Crippen molar-refractivity contribution in [1.82, 2.24) is 24.5 Å².